The van der Waals surface area contributed by atoms with Crippen LogP contribution in [0.4, 0.5) is 0 Å². The Morgan fingerprint density at radius 2 is 2.19 bits per heavy atom. The van der Waals surface area contributed by atoms with Gasteiger partial charge >= 0.3 is 0 Å². The first kappa shape index (κ1) is 13.5. The molecule has 0 aromatic carbocycles. The summed E-state index contributed by atoms with van der Waals surface area (Å²) in [6.07, 6.45) is 3.29. The maximum Gasteiger partial charge on any atom is 0.237 e. The standard InChI is InChI=1S/C12H25N3O/c1-9-6-5-7-11(14-9)12(16)13-8-10(2)15(3)4/h9-11,14H,5-8H2,1-4H3,(H,13,16). The molecule has 94 valence electrons. The normalized spacial score (nSPS) is 27.8. The lowest BCUT2D eigenvalue weighted by atomic mass is 9.99. The van der Waals surface area contributed by atoms with Crippen molar-refractivity contribution in [2.24, 2.45) is 0 Å². The Hall–Kier alpha value is -0.610. The van der Waals surface area contributed by atoms with Crippen LogP contribution in [0.2, 0.25) is 0 Å². The molecule has 3 atom stereocenters. The number of nitrogens with zero attached hydrogens (tertiary/aromatic N) is 1. The molecular weight excluding hydrogens is 202 g/mol. The van der Waals surface area contributed by atoms with Crippen LogP contribution in [-0.4, -0.2) is 49.6 Å². The van der Waals surface area contributed by atoms with Crippen molar-refractivity contribution in [3.8, 4) is 0 Å². The van der Waals surface area contributed by atoms with Crippen LogP contribution in [0.1, 0.15) is 33.1 Å². The number of hydrogen-bond acceptors (Lipinski definition) is 3. The molecule has 4 heteroatoms. The summed E-state index contributed by atoms with van der Waals surface area (Å²) in [6, 6.07) is 0.860. The predicted molar refractivity (Wildman–Crippen MR) is 66.4 cm³/mol. The van der Waals surface area contributed by atoms with Crippen LogP contribution in [0.25, 0.3) is 0 Å². The van der Waals surface area contributed by atoms with Gasteiger partial charge in [-0.2, -0.15) is 0 Å². The molecule has 1 rings (SSSR count). The summed E-state index contributed by atoms with van der Waals surface area (Å²) < 4.78 is 0. The quantitative estimate of drug-likeness (QED) is 0.738. The van der Waals surface area contributed by atoms with Crippen molar-refractivity contribution < 1.29 is 4.79 Å². The highest BCUT2D eigenvalue weighted by atomic mass is 16.2. The summed E-state index contributed by atoms with van der Waals surface area (Å²) in [7, 11) is 4.05. The van der Waals surface area contributed by atoms with E-state index in [4.69, 9.17) is 0 Å². The first-order valence-corrected chi connectivity index (χ1v) is 6.21. The highest BCUT2D eigenvalue weighted by Gasteiger charge is 2.24. The van der Waals surface area contributed by atoms with Crippen LogP contribution in [0, 0.1) is 0 Å². The van der Waals surface area contributed by atoms with Crippen molar-refractivity contribution in [1.82, 2.24) is 15.5 Å². The van der Waals surface area contributed by atoms with Gasteiger partial charge in [-0.25, -0.2) is 0 Å². The van der Waals surface area contributed by atoms with Gasteiger partial charge in [-0.3, -0.25) is 4.79 Å². The first-order valence-electron chi connectivity index (χ1n) is 6.21. The van der Waals surface area contributed by atoms with E-state index in [1.54, 1.807) is 0 Å². The number of amides is 1. The van der Waals surface area contributed by atoms with Gasteiger partial charge in [0.2, 0.25) is 5.91 Å². The van der Waals surface area contributed by atoms with Crippen LogP contribution in [0.5, 0.6) is 0 Å². The highest BCUT2D eigenvalue weighted by molar-refractivity contribution is 5.81. The largest absolute Gasteiger partial charge is 0.353 e. The lowest BCUT2D eigenvalue weighted by Crippen LogP contribution is -2.51. The Balaban J connectivity index is 2.29. The van der Waals surface area contributed by atoms with Crippen LogP contribution in [0.15, 0.2) is 0 Å². The highest BCUT2D eigenvalue weighted by Crippen LogP contribution is 2.12. The van der Waals surface area contributed by atoms with Gasteiger partial charge in [-0.1, -0.05) is 0 Å². The van der Waals surface area contributed by atoms with Crippen molar-refractivity contribution in [3.63, 3.8) is 0 Å². The Kier molecular flexibility index (Phi) is 5.22. The molecule has 1 aliphatic rings. The van der Waals surface area contributed by atoms with E-state index in [-0.39, 0.29) is 11.9 Å². The zero-order chi connectivity index (χ0) is 12.1. The molecule has 1 aliphatic heterocycles. The Labute approximate surface area is 98.8 Å². The van der Waals surface area contributed by atoms with Crippen molar-refractivity contribution in [1.29, 1.82) is 0 Å². The molecule has 3 unspecified atom stereocenters. The number of carbonyl (C=O) groups excluding carboxylic acids is 1. The van der Waals surface area contributed by atoms with Gasteiger partial charge in [-0.05, 0) is 47.2 Å². The fourth-order valence-corrected chi connectivity index (χ4v) is 1.90. The SMILES string of the molecule is CC1CCCC(C(=O)NCC(C)N(C)C)N1. The summed E-state index contributed by atoms with van der Waals surface area (Å²) >= 11 is 0. The number of piperidine rings is 1. The molecule has 16 heavy (non-hydrogen) atoms. The first-order chi connectivity index (χ1) is 7.50. The summed E-state index contributed by atoms with van der Waals surface area (Å²) in [4.78, 5) is 14.0. The van der Waals surface area contributed by atoms with E-state index in [1.165, 1.54) is 6.42 Å². The van der Waals surface area contributed by atoms with E-state index >= 15 is 0 Å². The molecule has 1 saturated heterocycles. The average molecular weight is 227 g/mol. The van der Waals surface area contributed by atoms with Gasteiger partial charge in [-0.15, -0.1) is 0 Å². The molecule has 4 nitrogen and oxygen atoms in total. The number of rotatable bonds is 4. The molecule has 0 saturated carbocycles. The van der Waals surface area contributed by atoms with Gasteiger partial charge in [0.15, 0.2) is 0 Å². The van der Waals surface area contributed by atoms with Crippen LogP contribution in [0.3, 0.4) is 0 Å². The third-order valence-corrected chi connectivity index (χ3v) is 3.39. The van der Waals surface area contributed by atoms with Crippen molar-refractivity contribution >= 4 is 5.91 Å². The zero-order valence-corrected chi connectivity index (χ0v) is 10.9. The third-order valence-electron chi connectivity index (χ3n) is 3.39. The third kappa shape index (κ3) is 4.10. The molecule has 0 aromatic heterocycles. The summed E-state index contributed by atoms with van der Waals surface area (Å²) in [6.45, 7) is 4.97. The lowest BCUT2D eigenvalue weighted by molar-refractivity contribution is -0.124. The van der Waals surface area contributed by atoms with E-state index in [9.17, 15) is 4.79 Å². The van der Waals surface area contributed by atoms with Gasteiger partial charge < -0.3 is 15.5 Å². The summed E-state index contributed by atoms with van der Waals surface area (Å²) in [5.74, 6) is 0.153. The lowest BCUT2D eigenvalue weighted by Gasteiger charge is -2.28. The maximum absolute atomic E-state index is 11.9. The number of likely N-dealkylation sites (N-methyl/N-ethyl adjacent to an activating group) is 1. The van der Waals surface area contributed by atoms with E-state index in [0.29, 0.717) is 12.1 Å². The Bertz CT molecular complexity index is 230. The Morgan fingerprint density at radius 1 is 1.50 bits per heavy atom. The molecule has 2 N–H and O–H groups in total. The summed E-state index contributed by atoms with van der Waals surface area (Å²) in [5.41, 5.74) is 0. The molecule has 0 aliphatic carbocycles. The Morgan fingerprint density at radius 3 is 2.75 bits per heavy atom. The molecule has 1 heterocycles. The minimum atomic E-state index is 0.0121. The van der Waals surface area contributed by atoms with E-state index < -0.39 is 0 Å². The smallest absolute Gasteiger partial charge is 0.237 e. The average Bonchev–Trinajstić information content (AvgIpc) is 2.25. The fraction of sp³-hybridized carbons (Fsp3) is 0.917. The zero-order valence-electron chi connectivity index (χ0n) is 10.9. The molecule has 0 spiro atoms. The van der Waals surface area contributed by atoms with Crippen molar-refractivity contribution in [2.45, 2.75) is 51.2 Å². The van der Waals surface area contributed by atoms with Gasteiger partial charge in [0.1, 0.15) is 0 Å². The van der Waals surface area contributed by atoms with Crippen LogP contribution < -0.4 is 10.6 Å². The van der Waals surface area contributed by atoms with E-state index in [2.05, 4.69) is 29.4 Å². The van der Waals surface area contributed by atoms with Gasteiger partial charge in [0, 0.05) is 18.6 Å². The summed E-state index contributed by atoms with van der Waals surface area (Å²) in [5, 5.41) is 6.35. The van der Waals surface area contributed by atoms with Crippen LogP contribution in [-0.2, 0) is 4.79 Å². The number of carbonyl (C=O) groups is 1. The molecule has 1 amide bonds. The van der Waals surface area contributed by atoms with Crippen molar-refractivity contribution in [3.05, 3.63) is 0 Å². The topological polar surface area (TPSA) is 44.4 Å². The van der Waals surface area contributed by atoms with Gasteiger partial charge in [0.25, 0.3) is 0 Å². The molecular formula is C12H25N3O. The second-order valence-corrected chi connectivity index (χ2v) is 5.11. The number of nitrogens with one attached hydrogen (secondary N) is 2. The minimum absolute atomic E-state index is 0.0121. The molecule has 0 radical (unpaired) electrons. The molecule has 1 fully saturated rings. The van der Waals surface area contributed by atoms with E-state index in [0.717, 1.165) is 19.4 Å². The maximum atomic E-state index is 11.9. The van der Waals surface area contributed by atoms with Crippen molar-refractivity contribution in [2.75, 3.05) is 20.6 Å². The predicted octanol–water partition coefficient (Wildman–Crippen LogP) is 0.583. The molecule has 0 aromatic rings. The second kappa shape index (κ2) is 6.21. The van der Waals surface area contributed by atoms with Crippen LogP contribution >= 0.6 is 0 Å². The fourth-order valence-electron chi connectivity index (χ4n) is 1.90. The number of hydrogen-bond donors (Lipinski definition) is 2. The molecule has 0 bridgehead atoms. The van der Waals surface area contributed by atoms with Gasteiger partial charge in [0.05, 0.1) is 6.04 Å². The minimum Gasteiger partial charge on any atom is -0.353 e. The van der Waals surface area contributed by atoms with E-state index in [1.807, 2.05) is 14.1 Å². The monoisotopic (exact) mass is 227 g/mol. The second-order valence-electron chi connectivity index (χ2n) is 5.11.